The number of aryl methyl sites for hydroxylation is 1. The van der Waals surface area contributed by atoms with Gasteiger partial charge in [0, 0.05) is 35.7 Å². The van der Waals surface area contributed by atoms with E-state index in [1.165, 1.54) is 30.3 Å². The van der Waals surface area contributed by atoms with E-state index in [0.29, 0.717) is 40.3 Å². The molecule has 1 aliphatic rings. The average molecular weight is 619 g/mol. The fourth-order valence-corrected chi connectivity index (χ4v) is 6.32. The number of benzene rings is 2. The second kappa shape index (κ2) is 12.6. The predicted molar refractivity (Wildman–Crippen MR) is 157 cm³/mol. The fraction of sp³-hybridized carbons (Fsp3) is 0.333. The second-order valence-corrected chi connectivity index (χ2v) is 12.1. The lowest BCUT2D eigenvalue weighted by molar-refractivity contribution is -0.274. The van der Waals surface area contributed by atoms with Crippen LogP contribution >= 0.6 is 0 Å². The van der Waals surface area contributed by atoms with Crippen LogP contribution in [-0.2, 0) is 20.4 Å². The van der Waals surface area contributed by atoms with E-state index >= 15 is 0 Å². The van der Waals surface area contributed by atoms with Gasteiger partial charge in [-0.2, -0.15) is 0 Å². The van der Waals surface area contributed by atoms with Crippen molar-refractivity contribution in [2.75, 3.05) is 31.5 Å². The molecule has 3 N–H and O–H groups in total. The van der Waals surface area contributed by atoms with Crippen LogP contribution in [0.25, 0.3) is 11.6 Å². The molecule has 3 aromatic rings. The maximum atomic E-state index is 13.2. The van der Waals surface area contributed by atoms with Crippen LogP contribution in [0.5, 0.6) is 5.75 Å². The standard InChI is InChI=1S/C30H33F3N4O5S/c1-5-37(6-2)14-13-34-29(39)27-18(3)26(35-19(27)4)16-24-23-15-22(11-12-25(23)36-28(24)38)43(40,41)17-20-7-9-21(10-8-20)42-30(31,32)33/h7-12,15-16,35H,5-6,13-14,17H2,1-4H3,(H,34,39)(H,36,38)/b24-16-. The van der Waals surface area contributed by atoms with Crippen molar-refractivity contribution in [1.29, 1.82) is 0 Å². The fourth-order valence-electron chi connectivity index (χ4n) is 4.95. The highest BCUT2D eigenvalue weighted by molar-refractivity contribution is 7.90. The molecule has 2 aromatic carbocycles. The van der Waals surface area contributed by atoms with Crippen LogP contribution in [0.2, 0.25) is 0 Å². The van der Waals surface area contributed by atoms with E-state index in [9.17, 15) is 31.2 Å². The third kappa shape index (κ3) is 7.46. The first-order valence-corrected chi connectivity index (χ1v) is 15.3. The van der Waals surface area contributed by atoms with Crippen LogP contribution < -0.4 is 15.4 Å². The summed E-state index contributed by atoms with van der Waals surface area (Å²) in [7, 11) is -3.93. The Morgan fingerprint density at radius 1 is 1.07 bits per heavy atom. The van der Waals surface area contributed by atoms with E-state index in [1.54, 1.807) is 19.9 Å². The minimum Gasteiger partial charge on any atom is -0.406 e. The number of nitrogens with one attached hydrogen (secondary N) is 3. The zero-order valence-corrected chi connectivity index (χ0v) is 25.0. The molecule has 0 unspecified atom stereocenters. The minimum absolute atomic E-state index is 0.0584. The monoisotopic (exact) mass is 618 g/mol. The zero-order chi connectivity index (χ0) is 31.5. The van der Waals surface area contributed by atoms with Crippen LogP contribution in [0, 0.1) is 13.8 Å². The molecular weight excluding hydrogens is 585 g/mol. The molecule has 43 heavy (non-hydrogen) atoms. The number of likely N-dealkylation sites (N-methyl/N-ethyl adjacent to an activating group) is 1. The Labute approximate surface area is 248 Å². The first-order chi connectivity index (χ1) is 20.2. The lowest BCUT2D eigenvalue weighted by Crippen LogP contribution is -2.35. The number of halogens is 3. The molecule has 0 atom stereocenters. The van der Waals surface area contributed by atoms with E-state index in [2.05, 4.69) is 39.1 Å². The minimum atomic E-state index is -4.86. The van der Waals surface area contributed by atoms with E-state index in [1.807, 2.05) is 0 Å². The summed E-state index contributed by atoms with van der Waals surface area (Å²) in [6.45, 7) is 10.6. The Balaban J connectivity index is 1.57. The summed E-state index contributed by atoms with van der Waals surface area (Å²) in [6.07, 6.45) is -3.27. The van der Waals surface area contributed by atoms with E-state index in [4.69, 9.17) is 0 Å². The number of nitrogens with zero attached hydrogens (tertiary/aromatic N) is 1. The summed E-state index contributed by atoms with van der Waals surface area (Å²) >= 11 is 0. The van der Waals surface area contributed by atoms with Gasteiger partial charge in [-0.3, -0.25) is 9.59 Å². The molecule has 2 heterocycles. The molecule has 230 valence electrons. The van der Waals surface area contributed by atoms with Gasteiger partial charge in [-0.05, 0) is 74.5 Å². The lowest BCUT2D eigenvalue weighted by Gasteiger charge is -2.18. The molecule has 0 spiro atoms. The van der Waals surface area contributed by atoms with Crippen molar-refractivity contribution in [1.82, 2.24) is 15.2 Å². The highest BCUT2D eigenvalue weighted by atomic mass is 32.2. The van der Waals surface area contributed by atoms with Crippen molar-refractivity contribution in [2.45, 2.75) is 44.7 Å². The molecule has 0 aliphatic carbocycles. The topological polar surface area (TPSA) is 121 Å². The SMILES string of the molecule is CCN(CC)CCNC(=O)c1c(C)[nH]c(/C=C2\C(=O)Nc3ccc(S(=O)(=O)Cc4ccc(OC(F)(F)F)cc4)cc32)c1C. The maximum absolute atomic E-state index is 13.2. The van der Waals surface area contributed by atoms with Crippen molar-refractivity contribution >= 4 is 39.0 Å². The Bertz CT molecular complexity index is 1660. The van der Waals surface area contributed by atoms with Crippen LogP contribution in [-0.4, -0.2) is 62.7 Å². The average Bonchev–Trinajstić information content (AvgIpc) is 3.40. The first-order valence-electron chi connectivity index (χ1n) is 13.7. The number of carbonyl (C=O) groups excluding carboxylic acids is 2. The predicted octanol–water partition coefficient (Wildman–Crippen LogP) is 5.07. The molecular formula is C30H33F3N4O5S. The zero-order valence-electron chi connectivity index (χ0n) is 24.2. The molecule has 4 rings (SSSR count). The number of sulfone groups is 1. The number of hydrogen-bond donors (Lipinski definition) is 3. The normalized spacial score (nSPS) is 14.2. The molecule has 1 aliphatic heterocycles. The van der Waals surface area contributed by atoms with Gasteiger partial charge < -0.3 is 25.3 Å². The Kier molecular flexibility index (Phi) is 9.35. The number of fused-ring (bicyclic) bond motifs is 1. The number of alkyl halides is 3. The number of amides is 2. The quantitative estimate of drug-likeness (QED) is 0.258. The number of carbonyl (C=O) groups is 2. The third-order valence-electron chi connectivity index (χ3n) is 7.25. The molecule has 13 heteroatoms. The van der Waals surface area contributed by atoms with Crippen molar-refractivity contribution in [3.05, 3.63) is 76.1 Å². The summed E-state index contributed by atoms with van der Waals surface area (Å²) in [5.41, 5.74) is 3.58. The molecule has 0 saturated carbocycles. The maximum Gasteiger partial charge on any atom is 0.573 e. The van der Waals surface area contributed by atoms with Crippen LogP contribution in [0.15, 0.2) is 47.4 Å². The smallest absolute Gasteiger partial charge is 0.406 e. The Morgan fingerprint density at radius 2 is 1.74 bits per heavy atom. The van der Waals surface area contributed by atoms with Crippen LogP contribution in [0.3, 0.4) is 0 Å². The van der Waals surface area contributed by atoms with Crippen LogP contribution in [0.1, 0.15) is 52.3 Å². The van der Waals surface area contributed by atoms with E-state index in [0.717, 1.165) is 31.8 Å². The number of H-pyrrole nitrogens is 1. The Hall–Kier alpha value is -4.10. The second-order valence-electron chi connectivity index (χ2n) is 10.1. The number of aromatic amines is 1. The largest absolute Gasteiger partial charge is 0.573 e. The van der Waals surface area contributed by atoms with Gasteiger partial charge in [0.15, 0.2) is 9.84 Å². The molecule has 0 fully saturated rings. The number of hydrogen-bond acceptors (Lipinski definition) is 6. The summed E-state index contributed by atoms with van der Waals surface area (Å²) in [6, 6.07) is 8.83. The lowest BCUT2D eigenvalue weighted by atomic mass is 10.0. The number of anilines is 1. The van der Waals surface area contributed by atoms with E-state index in [-0.39, 0.29) is 21.9 Å². The molecule has 9 nitrogen and oxygen atoms in total. The van der Waals surface area contributed by atoms with Crippen molar-refractivity contribution < 1.29 is 35.9 Å². The molecule has 2 amide bonds. The summed E-state index contributed by atoms with van der Waals surface area (Å²) in [4.78, 5) is 31.2. The highest BCUT2D eigenvalue weighted by Crippen LogP contribution is 2.36. The van der Waals surface area contributed by atoms with Gasteiger partial charge in [0.2, 0.25) is 0 Å². The molecule has 0 saturated heterocycles. The van der Waals surface area contributed by atoms with Crippen molar-refractivity contribution in [2.24, 2.45) is 0 Å². The van der Waals surface area contributed by atoms with Crippen LogP contribution in [0.4, 0.5) is 18.9 Å². The van der Waals surface area contributed by atoms with Crippen molar-refractivity contribution in [3.8, 4) is 5.75 Å². The Morgan fingerprint density at radius 3 is 2.37 bits per heavy atom. The third-order valence-corrected chi connectivity index (χ3v) is 8.93. The van der Waals surface area contributed by atoms with Crippen molar-refractivity contribution in [3.63, 3.8) is 0 Å². The van der Waals surface area contributed by atoms with Gasteiger partial charge >= 0.3 is 6.36 Å². The first kappa shape index (κ1) is 31.8. The van der Waals surface area contributed by atoms with Gasteiger partial charge in [0.05, 0.1) is 21.8 Å². The summed E-state index contributed by atoms with van der Waals surface area (Å²) in [5, 5.41) is 5.67. The molecule has 0 radical (unpaired) electrons. The number of rotatable bonds is 11. The number of aromatic nitrogens is 1. The highest BCUT2D eigenvalue weighted by Gasteiger charge is 2.31. The van der Waals surface area contributed by atoms with Gasteiger partial charge in [-0.1, -0.05) is 26.0 Å². The number of ether oxygens (including phenoxy) is 1. The van der Waals surface area contributed by atoms with Gasteiger partial charge in [0.1, 0.15) is 5.75 Å². The van der Waals surface area contributed by atoms with Gasteiger partial charge in [0.25, 0.3) is 11.8 Å². The molecule has 0 bridgehead atoms. The molecule has 1 aromatic heterocycles. The van der Waals surface area contributed by atoms with Gasteiger partial charge in [-0.25, -0.2) is 8.42 Å². The summed E-state index contributed by atoms with van der Waals surface area (Å²) in [5.74, 6) is -1.59. The van der Waals surface area contributed by atoms with E-state index < -0.39 is 33.6 Å². The summed E-state index contributed by atoms with van der Waals surface area (Å²) < 4.78 is 67.6. The van der Waals surface area contributed by atoms with Gasteiger partial charge in [-0.15, -0.1) is 13.2 Å².